The first-order chi connectivity index (χ1) is 7.72. The van der Waals surface area contributed by atoms with E-state index in [0.29, 0.717) is 18.5 Å². The highest BCUT2D eigenvalue weighted by atomic mass is 79.9. The number of nitrogens with two attached hydrogens (primary N) is 1. The Morgan fingerprint density at radius 3 is 2.94 bits per heavy atom. The van der Waals surface area contributed by atoms with E-state index in [1.165, 1.54) is 6.07 Å². The molecule has 1 aromatic heterocycles. The van der Waals surface area contributed by atoms with Gasteiger partial charge in [0, 0.05) is 27.7 Å². The fourth-order valence-corrected chi connectivity index (χ4v) is 1.94. The first kappa shape index (κ1) is 11.3. The summed E-state index contributed by atoms with van der Waals surface area (Å²) in [7, 11) is 0. The van der Waals surface area contributed by atoms with Crippen LogP contribution in [0, 0.1) is 5.82 Å². The summed E-state index contributed by atoms with van der Waals surface area (Å²) in [5.74, 6) is -0.261. The Kier molecular flexibility index (Phi) is 3.36. The van der Waals surface area contributed by atoms with E-state index >= 15 is 0 Å². The molecule has 0 bridgehead atoms. The molecule has 0 fully saturated rings. The summed E-state index contributed by atoms with van der Waals surface area (Å²) in [5.41, 5.74) is 7.65. The smallest absolute Gasteiger partial charge is 0.131 e. The van der Waals surface area contributed by atoms with Crippen LogP contribution in [0.25, 0.3) is 11.1 Å². The molecule has 1 heterocycles. The molecular weight excluding hydrogens is 273 g/mol. The van der Waals surface area contributed by atoms with Gasteiger partial charge in [-0.2, -0.15) is 5.10 Å². The molecule has 2 aromatic rings. The lowest BCUT2D eigenvalue weighted by Gasteiger charge is -2.04. The predicted octanol–water partition coefficient (Wildman–Crippen LogP) is 2.48. The molecule has 2 rings (SSSR count). The highest BCUT2D eigenvalue weighted by molar-refractivity contribution is 9.10. The molecule has 0 spiro atoms. The first-order valence-electron chi connectivity index (χ1n) is 4.90. The van der Waals surface area contributed by atoms with Gasteiger partial charge in [-0.25, -0.2) is 4.39 Å². The van der Waals surface area contributed by atoms with Crippen LogP contribution in [0.4, 0.5) is 4.39 Å². The summed E-state index contributed by atoms with van der Waals surface area (Å²) in [6.07, 6.45) is 2.27. The van der Waals surface area contributed by atoms with Crippen LogP contribution in [0.3, 0.4) is 0 Å². The minimum absolute atomic E-state index is 0.261. The van der Waals surface area contributed by atoms with Gasteiger partial charge < -0.3 is 5.73 Å². The van der Waals surface area contributed by atoms with Crippen molar-refractivity contribution in [3.05, 3.63) is 40.4 Å². The van der Waals surface area contributed by atoms with Gasteiger partial charge in [0.2, 0.25) is 0 Å². The Labute approximate surface area is 101 Å². The first-order valence-corrected chi connectivity index (χ1v) is 5.69. The maximum atomic E-state index is 13.7. The number of hydrogen-bond acceptors (Lipinski definition) is 2. The second-order valence-electron chi connectivity index (χ2n) is 3.43. The van der Waals surface area contributed by atoms with Gasteiger partial charge in [0.1, 0.15) is 5.82 Å². The van der Waals surface area contributed by atoms with Gasteiger partial charge in [-0.05, 0) is 24.7 Å². The van der Waals surface area contributed by atoms with E-state index in [1.54, 1.807) is 18.3 Å². The lowest BCUT2D eigenvalue weighted by molar-refractivity contribution is 0.631. The minimum atomic E-state index is -0.261. The minimum Gasteiger partial charge on any atom is -0.330 e. The van der Waals surface area contributed by atoms with E-state index in [4.69, 9.17) is 5.73 Å². The lowest BCUT2D eigenvalue weighted by Crippen LogP contribution is -2.04. The van der Waals surface area contributed by atoms with Crippen LogP contribution in [0.15, 0.2) is 28.9 Å². The maximum absolute atomic E-state index is 13.7. The monoisotopic (exact) mass is 283 g/mol. The van der Waals surface area contributed by atoms with Crippen molar-refractivity contribution in [2.45, 2.75) is 6.42 Å². The number of halogens is 2. The fraction of sp³-hybridized carbons (Fsp3) is 0.182. The van der Waals surface area contributed by atoms with Crippen molar-refractivity contribution in [1.29, 1.82) is 0 Å². The quantitative estimate of drug-likeness (QED) is 0.909. The highest BCUT2D eigenvalue weighted by Gasteiger charge is 2.11. The molecular formula is C11H11BrFN3. The number of benzene rings is 1. The molecule has 3 nitrogen and oxygen atoms in total. The van der Waals surface area contributed by atoms with E-state index in [1.807, 2.05) is 0 Å². The number of hydrogen-bond donors (Lipinski definition) is 2. The van der Waals surface area contributed by atoms with Crippen LogP contribution in [-0.4, -0.2) is 16.7 Å². The molecule has 0 aliphatic carbocycles. The van der Waals surface area contributed by atoms with Gasteiger partial charge in [-0.3, -0.25) is 5.10 Å². The Bertz CT molecular complexity index is 496. The molecule has 0 saturated carbocycles. The van der Waals surface area contributed by atoms with E-state index in [-0.39, 0.29) is 5.82 Å². The van der Waals surface area contributed by atoms with Crippen LogP contribution < -0.4 is 5.73 Å². The Morgan fingerprint density at radius 1 is 1.38 bits per heavy atom. The molecule has 1 aromatic carbocycles. The average molecular weight is 284 g/mol. The Balaban J connectivity index is 2.49. The number of H-pyrrole nitrogens is 1. The molecule has 0 atom stereocenters. The second-order valence-corrected chi connectivity index (χ2v) is 4.34. The van der Waals surface area contributed by atoms with Gasteiger partial charge in [0.15, 0.2) is 0 Å². The number of aromatic nitrogens is 2. The van der Waals surface area contributed by atoms with Crippen molar-refractivity contribution in [2.24, 2.45) is 5.73 Å². The predicted molar refractivity (Wildman–Crippen MR) is 64.4 cm³/mol. The number of rotatable bonds is 3. The summed E-state index contributed by atoms with van der Waals surface area (Å²) in [6, 6.07) is 4.83. The van der Waals surface area contributed by atoms with Crippen LogP contribution in [0.5, 0.6) is 0 Å². The third-order valence-electron chi connectivity index (χ3n) is 2.33. The van der Waals surface area contributed by atoms with Crippen LogP contribution in [-0.2, 0) is 6.42 Å². The molecule has 0 radical (unpaired) electrons. The number of nitrogens with one attached hydrogen (secondary N) is 1. The molecule has 16 heavy (non-hydrogen) atoms. The average Bonchev–Trinajstić information content (AvgIpc) is 2.70. The van der Waals surface area contributed by atoms with Gasteiger partial charge in [0.05, 0.1) is 6.20 Å². The standard InChI is InChI=1S/C11H11BrFN3/c12-7-1-2-10(13)8(5-7)9-6-15-16-11(9)3-4-14/h1-2,5-6H,3-4,14H2,(H,15,16). The third kappa shape index (κ3) is 2.15. The van der Waals surface area contributed by atoms with Gasteiger partial charge >= 0.3 is 0 Å². The molecule has 0 aliphatic heterocycles. The van der Waals surface area contributed by atoms with E-state index in [2.05, 4.69) is 26.1 Å². The SMILES string of the molecule is NCCc1[nH]ncc1-c1cc(Br)ccc1F. The summed E-state index contributed by atoms with van der Waals surface area (Å²) in [5, 5.41) is 6.77. The van der Waals surface area contributed by atoms with E-state index < -0.39 is 0 Å². The summed E-state index contributed by atoms with van der Waals surface area (Å²) < 4.78 is 14.5. The molecule has 0 aliphatic rings. The third-order valence-corrected chi connectivity index (χ3v) is 2.82. The van der Waals surface area contributed by atoms with E-state index in [0.717, 1.165) is 15.7 Å². The van der Waals surface area contributed by atoms with Gasteiger partial charge in [-0.1, -0.05) is 15.9 Å². The zero-order valence-corrected chi connectivity index (χ0v) is 10.1. The lowest BCUT2D eigenvalue weighted by atomic mass is 10.0. The molecule has 3 N–H and O–H groups in total. The van der Waals surface area contributed by atoms with Crippen molar-refractivity contribution in [2.75, 3.05) is 6.54 Å². The molecule has 0 saturated heterocycles. The van der Waals surface area contributed by atoms with E-state index in [9.17, 15) is 4.39 Å². The fourth-order valence-electron chi connectivity index (χ4n) is 1.58. The summed E-state index contributed by atoms with van der Waals surface area (Å²) in [6.45, 7) is 0.505. The van der Waals surface area contributed by atoms with Crippen molar-refractivity contribution < 1.29 is 4.39 Å². The molecule has 5 heteroatoms. The second kappa shape index (κ2) is 4.76. The maximum Gasteiger partial charge on any atom is 0.131 e. The zero-order valence-electron chi connectivity index (χ0n) is 8.50. The Morgan fingerprint density at radius 2 is 2.19 bits per heavy atom. The van der Waals surface area contributed by atoms with Crippen molar-refractivity contribution >= 4 is 15.9 Å². The van der Waals surface area contributed by atoms with Crippen LogP contribution in [0.2, 0.25) is 0 Å². The topological polar surface area (TPSA) is 54.7 Å². The molecule has 84 valence electrons. The number of aromatic amines is 1. The number of nitrogens with zero attached hydrogens (tertiary/aromatic N) is 1. The normalized spacial score (nSPS) is 10.7. The van der Waals surface area contributed by atoms with Crippen molar-refractivity contribution in [1.82, 2.24) is 10.2 Å². The van der Waals surface area contributed by atoms with Gasteiger partial charge in [0.25, 0.3) is 0 Å². The summed E-state index contributed by atoms with van der Waals surface area (Å²) >= 11 is 3.32. The largest absolute Gasteiger partial charge is 0.330 e. The highest BCUT2D eigenvalue weighted by Crippen LogP contribution is 2.28. The van der Waals surface area contributed by atoms with Crippen molar-refractivity contribution in [3.63, 3.8) is 0 Å². The van der Waals surface area contributed by atoms with Gasteiger partial charge in [-0.15, -0.1) is 0 Å². The molecule has 0 amide bonds. The van der Waals surface area contributed by atoms with Crippen LogP contribution >= 0.6 is 15.9 Å². The molecule has 0 unspecified atom stereocenters. The zero-order chi connectivity index (χ0) is 11.5. The summed E-state index contributed by atoms with van der Waals surface area (Å²) in [4.78, 5) is 0. The van der Waals surface area contributed by atoms with Crippen molar-refractivity contribution in [3.8, 4) is 11.1 Å². The Hall–Kier alpha value is -1.20. The van der Waals surface area contributed by atoms with Crippen LogP contribution in [0.1, 0.15) is 5.69 Å².